The van der Waals surface area contributed by atoms with E-state index >= 15 is 0 Å². The third-order valence-corrected chi connectivity index (χ3v) is 1.15. The van der Waals surface area contributed by atoms with Gasteiger partial charge in [0.15, 0.2) is 0 Å². The van der Waals surface area contributed by atoms with Crippen molar-refractivity contribution in [2.24, 2.45) is 0 Å². The zero-order chi connectivity index (χ0) is 5.11. The summed E-state index contributed by atoms with van der Waals surface area (Å²) in [5, 5.41) is 0. The van der Waals surface area contributed by atoms with E-state index in [1.807, 2.05) is 0 Å². The molecule has 0 amide bonds. The normalized spacial score (nSPS) is 20.1. The van der Waals surface area contributed by atoms with Crippen LogP contribution >= 0.6 is 0 Å². The zero-order valence-corrected chi connectivity index (χ0v) is 4.68. The molecule has 7 heavy (non-hydrogen) atoms. The van der Waals surface area contributed by atoms with Gasteiger partial charge in [-0.2, -0.15) is 0 Å². The van der Waals surface area contributed by atoms with Gasteiger partial charge in [-0.05, 0) is 0 Å². The van der Waals surface area contributed by atoms with Crippen molar-refractivity contribution in [1.82, 2.24) is 4.90 Å². The fraction of sp³-hybridized carbons (Fsp3) is 1.00. The molecule has 0 atom stereocenters. The number of ether oxygens (including phenoxy) is 1. The molecule has 2 heteroatoms. The van der Waals surface area contributed by atoms with Gasteiger partial charge in [0.2, 0.25) is 0 Å². The summed E-state index contributed by atoms with van der Waals surface area (Å²) in [6.07, 6.45) is 0. The average Bonchev–Trinajstić information content (AvgIpc) is 2.42. The summed E-state index contributed by atoms with van der Waals surface area (Å²) in [6.45, 7) is 4.57. The van der Waals surface area contributed by atoms with E-state index in [4.69, 9.17) is 4.74 Å². The lowest BCUT2D eigenvalue weighted by Gasteiger charge is -1.95. The Morgan fingerprint density at radius 1 is 1.57 bits per heavy atom. The van der Waals surface area contributed by atoms with E-state index < -0.39 is 0 Å². The number of hydrogen-bond donors (Lipinski definition) is 0. The number of rotatable bonds is 3. The highest BCUT2D eigenvalue weighted by Crippen LogP contribution is 2.00. The molecule has 0 aromatic heterocycles. The summed E-state index contributed by atoms with van der Waals surface area (Å²) in [7, 11) is 1.74. The second-order valence-corrected chi connectivity index (χ2v) is 1.83. The molecule has 0 unspecified atom stereocenters. The van der Waals surface area contributed by atoms with Crippen molar-refractivity contribution in [2.75, 3.05) is 33.4 Å². The molecule has 1 aliphatic rings. The van der Waals surface area contributed by atoms with E-state index in [2.05, 4.69) is 4.90 Å². The molecule has 0 N–H and O–H groups in total. The lowest BCUT2D eigenvalue weighted by molar-refractivity contribution is 0.186. The molecule has 1 saturated heterocycles. The average molecular weight is 101 g/mol. The highest BCUT2D eigenvalue weighted by molar-refractivity contribution is 4.70. The van der Waals surface area contributed by atoms with Crippen LogP contribution in [0.4, 0.5) is 0 Å². The first kappa shape index (κ1) is 5.06. The quantitative estimate of drug-likeness (QED) is 0.462. The molecule has 0 spiro atoms. The van der Waals surface area contributed by atoms with Gasteiger partial charge in [-0.1, -0.05) is 0 Å². The predicted molar refractivity (Wildman–Crippen MR) is 28.3 cm³/mol. The molecule has 1 rings (SSSR count). The van der Waals surface area contributed by atoms with Crippen LogP contribution in [-0.4, -0.2) is 38.3 Å². The molecule has 0 radical (unpaired) electrons. The Kier molecular flexibility index (Phi) is 1.65. The SMILES string of the molecule is COCCN1CC1. The zero-order valence-electron chi connectivity index (χ0n) is 4.68. The summed E-state index contributed by atoms with van der Waals surface area (Å²) in [6, 6.07) is 0. The van der Waals surface area contributed by atoms with Gasteiger partial charge in [-0.15, -0.1) is 0 Å². The van der Waals surface area contributed by atoms with E-state index in [1.54, 1.807) is 7.11 Å². The van der Waals surface area contributed by atoms with Gasteiger partial charge in [-0.3, -0.25) is 4.90 Å². The van der Waals surface area contributed by atoms with Crippen LogP contribution in [0.25, 0.3) is 0 Å². The van der Waals surface area contributed by atoms with Crippen molar-refractivity contribution < 1.29 is 4.74 Å². The largest absolute Gasteiger partial charge is 0.383 e. The van der Waals surface area contributed by atoms with Crippen LogP contribution in [0.2, 0.25) is 0 Å². The first-order chi connectivity index (χ1) is 3.43. The second-order valence-electron chi connectivity index (χ2n) is 1.83. The molecule has 0 aliphatic carbocycles. The summed E-state index contributed by atoms with van der Waals surface area (Å²) in [5.74, 6) is 0. The van der Waals surface area contributed by atoms with Gasteiger partial charge in [0.1, 0.15) is 0 Å². The Morgan fingerprint density at radius 3 is 2.71 bits per heavy atom. The smallest absolute Gasteiger partial charge is 0.0589 e. The Labute approximate surface area is 44.1 Å². The van der Waals surface area contributed by atoms with Crippen LogP contribution in [0.5, 0.6) is 0 Å². The van der Waals surface area contributed by atoms with Crippen molar-refractivity contribution in [3.63, 3.8) is 0 Å². The Morgan fingerprint density at radius 2 is 2.29 bits per heavy atom. The van der Waals surface area contributed by atoms with Crippen LogP contribution < -0.4 is 0 Å². The maximum atomic E-state index is 4.85. The van der Waals surface area contributed by atoms with Crippen LogP contribution in [-0.2, 0) is 4.74 Å². The fourth-order valence-electron chi connectivity index (χ4n) is 0.515. The van der Waals surface area contributed by atoms with E-state index in [1.165, 1.54) is 13.1 Å². The monoisotopic (exact) mass is 101 g/mol. The molecule has 1 fully saturated rings. The first-order valence-electron chi connectivity index (χ1n) is 2.65. The van der Waals surface area contributed by atoms with Crippen molar-refractivity contribution in [2.45, 2.75) is 0 Å². The van der Waals surface area contributed by atoms with Crippen LogP contribution in [0.1, 0.15) is 0 Å². The molecule has 0 aromatic carbocycles. The fourth-order valence-corrected chi connectivity index (χ4v) is 0.515. The van der Waals surface area contributed by atoms with E-state index in [9.17, 15) is 0 Å². The molecule has 0 aromatic rings. The van der Waals surface area contributed by atoms with E-state index in [-0.39, 0.29) is 0 Å². The molecule has 0 bridgehead atoms. The molecule has 1 heterocycles. The van der Waals surface area contributed by atoms with Gasteiger partial charge >= 0.3 is 0 Å². The van der Waals surface area contributed by atoms with Crippen molar-refractivity contribution >= 4 is 0 Å². The Bertz CT molecular complexity index is 52.0. The third-order valence-electron chi connectivity index (χ3n) is 1.15. The lowest BCUT2D eigenvalue weighted by Crippen LogP contribution is -2.05. The van der Waals surface area contributed by atoms with Gasteiger partial charge < -0.3 is 4.74 Å². The van der Waals surface area contributed by atoms with Crippen LogP contribution in [0, 0.1) is 0 Å². The molecule has 2 nitrogen and oxygen atoms in total. The standard InChI is InChI=1S/C5H11NO/c1-7-5-4-6-2-3-6/h2-5H2,1H3. The maximum absolute atomic E-state index is 4.85. The number of methoxy groups -OCH3 is 1. The Balaban J connectivity index is 1.80. The van der Waals surface area contributed by atoms with Gasteiger partial charge in [0.05, 0.1) is 6.61 Å². The molecule has 42 valence electrons. The maximum Gasteiger partial charge on any atom is 0.0589 e. The first-order valence-corrected chi connectivity index (χ1v) is 2.65. The van der Waals surface area contributed by atoms with Crippen molar-refractivity contribution in [1.29, 1.82) is 0 Å². The molecular weight excluding hydrogens is 90.1 g/mol. The van der Waals surface area contributed by atoms with Gasteiger partial charge in [-0.25, -0.2) is 0 Å². The topological polar surface area (TPSA) is 12.2 Å². The van der Waals surface area contributed by atoms with Gasteiger partial charge in [0, 0.05) is 26.7 Å². The summed E-state index contributed by atoms with van der Waals surface area (Å²) in [5.41, 5.74) is 0. The van der Waals surface area contributed by atoms with Crippen LogP contribution in [0.15, 0.2) is 0 Å². The predicted octanol–water partition coefficient (Wildman–Crippen LogP) is -0.0516. The summed E-state index contributed by atoms with van der Waals surface area (Å²) < 4.78 is 4.85. The Hall–Kier alpha value is -0.0800. The molecule has 1 aliphatic heterocycles. The van der Waals surface area contributed by atoms with Gasteiger partial charge in [0.25, 0.3) is 0 Å². The summed E-state index contributed by atoms with van der Waals surface area (Å²) >= 11 is 0. The minimum atomic E-state index is 0.889. The van der Waals surface area contributed by atoms with Crippen LogP contribution in [0.3, 0.4) is 0 Å². The third kappa shape index (κ3) is 1.90. The van der Waals surface area contributed by atoms with E-state index in [0.717, 1.165) is 13.2 Å². The number of nitrogens with zero attached hydrogens (tertiary/aromatic N) is 1. The van der Waals surface area contributed by atoms with Crippen molar-refractivity contribution in [3.05, 3.63) is 0 Å². The molecule has 0 saturated carbocycles. The minimum absolute atomic E-state index is 0.889. The summed E-state index contributed by atoms with van der Waals surface area (Å²) in [4.78, 5) is 2.34. The van der Waals surface area contributed by atoms with E-state index in [0.29, 0.717) is 0 Å². The minimum Gasteiger partial charge on any atom is -0.383 e. The highest BCUT2D eigenvalue weighted by Gasteiger charge is 2.14. The molecular formula is C5H11NO. The van der Waals surface area contributed by atoms with Crippen molar-refractivity contribution in [3.8, 4) is 0 Å². The number of hydrogen-bond acceptors (Lipinski definition) is 2. The second kappa shape index (κ2) is 2.28. The lowest BCUT2D eigenvalue weighted by atomic mass is 10.7. The highest BCUT2D eigenvalue weighted by atomic mass is 16.5.